The highest BCUT2D eigenvalue weighted by Gasteiger charge is 2.44. The molecular formula is C40H49FN6O3S. The van der Waals surface area contributed by atoms with Gasteiger partial charge in [-0.1, -0.05) is 60.7 Å². The minimum atomic E-state index is -0.576. The van der Waals surface area contributed by atoms with Crippen molar-refractivity contribution in [1.29, 1.82) is 0 Å². The van der Waals surface area contributed by atoms with Crippen LogP contribution in [-0.2, 0) is 22.6 Å². The van der Waals surface area contributed by atoms with Gasteiger partial charge in [-0.3, -0.25) is 14.5 Å². The zero-order valence-electron chi connectivity index (χ0n) is 29.9. The molecule has 270 valence electrons. The Kier molecular flexibility index (Phi) is 10.3. The number of thioether (sulfide) groups is 1. The van der Waals surface area contributed by atoms with Gasteiger partial charge in [0.05, 0.1) is 10.9 Å². The number of fused-ring (bicyclic) bond motifs is 1. The first-order valence-corrected chi connectivity index (χ1v) is 19.2. The van der Waals surface area contributed by atoms with Gasteiger partial charge in [0.15, 0.2) is 0 Å². The summed E-state index contributed by atoms with van der Waals surface area (Å²) in [7, 11) is 0. The Hall–Kier alpha value is -4.09. The Balaban J connectivity index is 1.05. The summed E-state index contributed by atoms with van der Waals surface area (Å²) in [5.41, 5.74) is 4.36. The van der Waals surface area contributed by atoms with Gasteiger partial charge in [-0.15, -0.1) is 11.8 Å². The lowest BCUT2D eigenvalue weighted by Crippen LogP contribution is -2.53. The van der Waals surface area contributed by atoms with E-state index < -0.39 is 10.6 Å². The summed E-state index contributed by atoms with van der Waals surface area (Å²) in [6.45, 7) is 11.7. The summed E-state index contributed by atoms with van der Waals surface area (Å²) in [5, 5.41) is 2.06. The zero-order valence-corrected chi connectivity index (χ0v) is 30.7. The quantitative estimate of drug-likeness (QED) is 0.307. The van der Waals surface area contributed by atoms with Gasteiger partial charge in [0.25, 0.3) is 0 Å². The van der Waals surface area contributed by atoms with Crippen molar-refractivity contribution in [3.63, 3.8) is 0 Å². The maximum absolute atomic E-state index is 15.8. The number of rotatable bonds is 7. The molecule has 0 aromatic heterocycles. The van der Waals surface area contributed by atoms with Gasteiger partial charge in [-0.05, 0) is 63.3 Å². The molecule has 11 heteroatoms. The van der Waals surface area contributed by atoms with Gasteiger partial charge in [0, 0.05) is 81.6 Å². The maximum atomic E-state index is 15.8. The minimum Gasteiger partial charge on any atom is -0.366 e. The van der Waals surface area contributed by atoms with Crippen LogP contribution in [0, 0.1) is 5.82 Å². The van der Waals surface area contributed by atoms with Crippen LogP contribution in [0.2, 0.25) is 0 Å². The van der Waals surface area contributed by atoms with E-state index in [4.69, 9.17) is 0 Å². The molecule has 4 aliphatic rings. The van der Waals surface area contributed by atoms with Crippen LogP contribution in [0.3, 0.4) is 0 Å². The third-order valence-corrected chi connectivity index (χ3v) is 12.4. The van der Waals surface area contributed by atoms with E-state index in [-0.39, 0.29) is 41.7 Å². The molecular weight excluding hydrogens is 664 g/mol. The van der Waals surface area contributed by atoms with Gasteiger partial charge < -0.3 is 24.9 Å². The molecule has 0 unspecified atom stereocenters. The highest BCUT2D eigenvalue weighted by molar-refractivity contribution is 8.01. The van der Waals surface area contributed by atoms with E-state index in [1.54, 1.807) is 6.07 Å². The third-order valence-electron chi connectivity index (χ3n) is 10.9. The van der Waals surface area contributed by atoms with Crippen LogP contribution in [0.4, 0.5) is 20.6 Å². The molecule has 3 saturated heterocycles. The number of carbonyl (C=O) groups is 3. The van der Waals surface area contributed by atoms with E-state index in [0.717, 1.165) is 41.9 Å². The molecule has 4 heterocycles. The van der Waals surface area contributed by atoms with Gasteiger partial charge >= 0.3 is 6.03 Å². The summed E-state index contributed by atoms with van der Waals surface area (Å²) in [6.07, 6.45) is 2.26. The second kappa shape index (κ2) is 14.9. The van der Waals surface area contributed by atoms with Crippen LogP contribution in [0.25, 0.3) is 0 Å². The summed E-state index contributed by atoms with van der Waals surface area (Å²) in [4.78, 5) is 51.3. The smallest absolute Gasteiger partial charge is 0.322 e. The topological polar surface area (TPSA) is 79.4 Å². The molecule has 0 spiro atoms. The number of hydrogen-bond donors (Lipinski definition) is 1. The van der Waals surface area contributed by atoms with Crippen LogP contribution in [-0.4, -0.2) is 100 Å². The molecule has 0 radical (unpaired) electrons. The van der Waals surface area contributed by atoms with Crippen LogP contribution in [0.5, 0.6) is 0 Å². The number of anilines is 2. The van der Waals surface area contributed by atoms with Crippen LogP contribution in [0.15, 0.2) is 72.8 Å². The van der Waals surface area contributed by atoms with E-state index in [9.17, 15) is 14.4 Å². The molecule has 0 bridgehead atoms. The van der Waals surface area contributed by atoms with Gasteiger partial charge in [-0.2, -0.15) is 0 Å². The van der Waals surface area contributed by atoms with Crippen molar-refractivity contribution < 1.29 is 18.8 Å². The number of amides is 4. The molecule has 9 nitrogen and oxygen atoms in total. The maximum Gasteiger partial charge on any atom is 0.322 e. The number of piperazine rings is 1. The third kappa shape index (κ3) is 7.60. The number of urea groups is 1. The first-order chi connectivity index (χ1) is 24.6. The lowest BCUT2D eigenvalue weighted by Gasteiger charge is -2.43. The fourth-order valence-electron chi connectivity index (χ4n) is 8.02. The summed E-state index contributed by atoms with van der Waals surface area (Å²) in [6, 6.07) is 22.9. The molecule has 3 fully saturated rings. The number of nitrogens with one attached hydrogen (secondary N) is 1. The molecule has 3 aromatic rings. The second-order valence-corrected chi connectivity index (χ2v) is 16.4. The average Bonchev–Trinajstić information content (AvgIpc) is 3.31. The lowest BCUT2D eigenvalue weighted by atomic mass is 10.0. The van der Waals surface area contributed by atoms with Gasteiger partial charge in [0.1, 0.15) is 11.2 Å². The van der Waals surface area contributed by atoms with Crippen molar-refractivity contribution in [2.45, 2.75) is 75.2 Å². The van der Waals surface area contributed by atoms with E-state index in [2.05, 4.69) is 42.0 Å². The number of carbonyl (C=O) groups excluding carboxylic acids is 3. The van der Waals surface area contributed by atoms with E-state index in [0.29, 0.717) is 57.8 Å². The molecule has 1 N–H and O–H groups in total. The average molecular weight is 713 g/mol. The number of para-hydroxylation sites is 2. The predicted molar refractivity (Wildman–Crippen MR) is 201 cm³/mol. The minimum absolute atomic E-state index is 0.0353. The number of benzene rings is 3. The molecule has 0 aliphatic carbocycles. The highest BCUT2D eigenvalue weighted by Crippen LogP contribution is 2.48. The van der Waals surface area contributed by atoms with Crippen molar-refractivity contribution in [2.24, 2.45) is 0 Å². The van der Waals surface area contributed by atoms with Crippen molar-refractivity contribution >= 4 is 41.0 Å². The zero-order chi connectivity index (χ0) is 35.7. The first-order valence-electron chi connectivity index (χ1n) is 18.3. The lowest BCUT2D eigenvalue weighted by molar-refractivity contribution is -0.137. The number of halogens is 1. The molecule has 7 rings (SSSR count). The number of hydrogen-bond acceptors (Lipinski definition) is 6. The Labute approximate surface area is 305 Å². The number of nitrogens with zero attached hydrogens (tertiary/aromatic N) is 5. The van der Waals surface area contributed by atoms with Crippen LogP contribution >= 0.6 is 11.8 Å². The number of likely N-dealkylation sites (tertiary alicyclic amines) is 1. The predicted octanol–water partition coefficient (Wildman–Crippen LogP) is 6.36. The molecule has 0 saturated carbocycles. The molecule has 4 aliphatic heterocycles. The van der Waals surface area contributed by atoms with Crippen molar-refractivity contribution in [3.05, 3.63) is 95.3 Å². The fourth-order valence-corrected chi connectivity index (χ4v) is 9.49. The monoisotopic (exact) mass is 712 g/mol. The Morgan fingerprint density at radius 3 is 2.29 bits per heavy atom. The summed E-state index contributed by atoms with van der Waals surface area (Å²) >= 11 is 1.47. The Morgan fingerprint density at radius 1 is 0.863 bits per heavy atom. The molecule has 2 atom stereocenters. The SMILES string of the molecule is CC(C)(C)N1CCN(c2c(F)cccc2[C@H]2S[C@@H](CC(=O)N3CCC(N4CCc5ccccc5NC4=O)CC3)C(=O)N2Cc2ccccc2)CC1. The Morgan fingerprint density at radius 2 is 1.57 bits per heavy atom. The van der Waals surface area contributed by atoms with Crippen molar-refractivity contribution in [1.82, 2.24) is 19.6 Å². The fraction of sp³-hybridized carbons (Fsp3) is 0.475. The standard InChI is InChI=1S/C40H49FN6O3S/c1-40(2,3)45-24-22-44(23-25-45)36-31(13-9-14-32(36)41)38-47(27-28-10-5-4-6-11-28)37(49)34(51-38)26-35(48)43-19-17-30(18-20-43)46-21-16-29-12-7-8-15-33(29)42-39(46)50/h4-15,30,34,38H,16-27H2,1-3H3,(H,42,50)/t34-,38+/m0/s1. The van der Waals surface area contributed by atoms with E-state index >= 15 is 4.39 Å². The van der Waals surface area contributed by atoms with E-state index in [1.165, 1.54) is 17.8 Å². The van der Waals surface area contributed by atoms with E-state index in [1.807, 2.05) is 69.3 Å². The summed E-state index contributed by atoms with van der Waals surface area (Å²) in [5.74, 6) is -0.426. The van der Waals surface area contributed by atoms with Crippen LogP contribution in [0.1, 0.15) is 62.1 Å². The first kappa shape index (κ1) is 35.3. The van der Waals surface area contributed by atoms with Crippen LogP contribution < -0.4 is 10.2 Å². The highest BCUT2D eigenvalue weighted by atomic mass is 32.2. The Bertz CT molecular complexity index is 1740. The summed E-state index contributed by atoms with van der Waals surface area (Å²) < 4.78 is 15.8. The second-order valence-electron chi connectivity index (χ2n) is 15.1. The van der Waals surface area contributed by atoms with Crippen molar-refractivity contribution in [2.75, 3.05) is 56.0 Å². The molecule has 4 amide bonds. The normalized spacial score (nSPS) is 22.2. The largest absolute Gasteiger partial charge is 0.366 e. The van der Waals surface area contributed by atoms with Crippen molar-refractivity contribution in [3.8, 4) is 0 Å². The molecule has 51 heavy (non-hydrogen) atoms. The van der Waals surface area contributed by atoms with Gasteiger partial charge in [0.2, 0.25) is 11.8 Å². The molecule has 3 aromatic carbocycles. The number of piperidine rings is 1. The van der Waals surface area contributed by atoms with Gasteiger partial charge in [-0.25, -0.2) is 9.18 Å².